The summed E-state index contributed by atoms with van der Waals surface area (Å²) in [6.45, 7) is 0. The van der Waals surface area contributed by atoms with Gasteiger partial charge in [0.1, 0.15) is 22.6 Å². The molecule has 0 aliphatic carbocycles. The second-order valence-corrected chi connectivity index (χ2v) is 11.5. The van der Waals surface area contributed by atoms with Crippen LogP contribution in [-0.2, 0) is 0 Å². The number of hydrogen-bond donors (Lipinski definition) is 4. The molecule has 0 unspecified atom stereocenters. The summed E-state index contributed by atoms with van der Waals surface area (Å²) in [7, 11) is 0.450. The summed E-state index contributed by atoms with van der Waals surface area (Å²) in [6.07, 6.45) is 0. The lowest BCUT2D eigenvalue weighted by atomic mass is 10.1. The molecule has 2 aliphatic heterocycles. The van der Waals surface area contributed by atoms with Crippen LogP contribution in [-0.4, -0.2) is 60.3 Å². The van der Waals surface area contributed by atoms with Crippen molar-refractivity contribution in [3.8, 4) is 57.1 Å². The van der Waals surface area contributed by atoms with Gasteiger partial charge in [0.2, 0.25) is 0 Å². The lowest BCUT2D eigenvalue weighted by Gasteiger charge is -2.03. The molecular formula is C32H20N8O2Si. The number of benzene rings is 4. The fraction of sp³-hybridized carbons (Fsp3) is 0. The van der Waals surface area contributed by atoms with Crippen LogP contribution in [0, 0.1) is 0 Å². The Balaban J connectivity index is 1.53. The topological polar surface area (TPSA) is 149 Å². The predicted octanol–water partition coefficient (Wildman–Crippen LogP) is 4.27. The number of aromatic hydroxyl groups is 2. The van der Waals surface area contributed by atoms with E-state index < -0.39 is 0 Å². The SMILES string of the molecule is Oc1cc2c3nc4nc(nc5[nH]c(nc6nc(nc([nH]3)c2c([SiH3])c1O)-c1ccccc1-6)c1ccccc51)-c1ccccc1-4. The van der Waals surface area contributed by atoms with E-state index in [2.05, 4.69) is 9.97 Å². The maximum Gasteiger partial charge on any atom is 0.164 e. The Hall–Kier alpha value is -5.94. The van der Waals surface area contributed by atoms with Gasteiger partial charge in [0, 0.05) is 54.0 Å². The molecule has 4 aromatic carbocycles. The molecule has 2 aliphatic rings. The van der Waals surface area contributed by atoms with Crippen molar-refractivity contribution < 1.29 is 10.2 Å². The average Bonchev–Trinajstić information content (AvgIpc) is 3.75. The van der Waals surface area contributed by atoms with Crippen LogP contribution in [0.3, 0.4) is 0 Å². The number of aromatic amines is 2. The highest BCUT2D eigenvalue weighted by molar-refractivity contribution is 6.43. The number of H-pyrrole nitrogens is 2. The Morgan fingerprint density at radius 2 is 0.884 bits per heavy atom. The molecule has 0 atom stereocenters. The lowest BCUT2D eigenvalue weighted by molar-refractivity contribution is 0.407. The highest BCUT2D eigenvalue weighted by atomic mass is 28.1. The first-order chi connectivity index (χ1) is 21.0. The smallest absolute Gasteiger partial charge is 0.164 e. The van der Waals surface area contributed by atoms with Gasteiger partial charge >= 0.3 is 0 Å². The summed E-state index contributed by atoms with van der Waals surface area (Å²) in [6, 6.07) is 25.1. The molecule has 0 saturated heterocycles. The van der Waals surface area contributed by atoms with Gasteiger partial charge in [0.05, 0.1) is 0 Å². The van der Waals surface area contributed by atoms with Crippen LogP contribution in [0.25, 0.3) is 89.7 Å². The van der Waals surface area contributed by atoms with Gasteiger partial charge in [0.25, 0.3) is 0 Å². The van der Waals surface area contributed by atoms with E-state index in [9.17, 15) is 10.2 Å². The summed E-state index contributed by atoms with van der Waals surface area (Å²) in [4.78, 5) is 36.4. The third-order valence-corrected chi connectivity index (χ3v) is 9.01. The number of phenolic OH excluding ortho intramolecular Hbond substituents is 2. The Kier molecular flexibility index (Phi) is 4.71. The van der Waals surface area contributed by atoms with Gasteiger partial charge in [-0.2, -0.15) is 0 Å². The third kappa shape index (κ3) is 3.39. The monoisotopic (exact) mass is 576 g/mol. The molecule has 3 aromatic heterocycles. The van der Waals surface area contributed by atoms with Crippen molar-refractivity contribution in [2.24, 2.45) is 0 Å². The maximum atomic E-state index is 10.7. The zero-order valence-electron chi connectivity index (χ0n) is 22.6. The van der Waals surface area contributed by atoms with Crippen molar-refractivity contribution in [1.82, 2.24) is 39.9 Å². The number of aromatic nitrogens is 8. The van der Waals surface area contributed by atoms with Gasteiger partial charge in [-0.1, -0.05) is 72.8 Å². The zero-order valence-corrected chi connectivity index (χ0v) is 24.6. The molecule has 0 radical (unpaired) electrons. The molecule has 204 valence electrons. The van der Waals surface area contributed by atoms with Gasteiger partial charge in [-0.25, -0.2) is 29.9 Å². The molecule has 0 saturated carbocycles. The summed E-state index contributed by atoms with van der Waals surface area (Å²) >= 11 is 0. The van der Waals surface area contributed by atoms with E-state index in [1.54, 1.807) is 0 Å². The molecule has 4 N–H and O–H groups in total. The zero-order chi connectivity index (χ0) is 28.8. The molecule has 5 heterocycles. The highest BCUT2D eigenvalue weighted by Gasteiger charge is 2.23. The number of nitrogens with zero attached hydrogens (tertiary/aromatic N) is 6. The average molecular weight is 577 g/mol. The third-order valence-electron chi connectivity index (χ3n) is 8.04. The van der Waals surface area contributed by atoms with E-state index in [-0.39, 0.29) is 11.5 Å². The number of rotatable bonds is 0. The van der Waals surface area contributed by atoms with E-state index in [1.807, 2.05) is 72.8 Å². The number of hydrogen-bond acceptors (Lipinski definition) is 8. The molecule has 10 nitrogen and oxygen atoms in total. The fourth-order valence-corrected chi connectivity index (χ4v) is 6.73. The van der Waals surface area contributed by atoms with E-state index in [0.29, 0.717) is 72.1 Å². The lowest BCUT2D eigenvalue weighted by Crippen LogP contribution is -2.04. The molecule has 0 fully saturated rings. The first kappa shape index (κ1) is 23.7. The fourth-order valence-electron chi connectivity index (χ4n) is 5.97. The molecule has 9 rings (SSSR count). The van der Waals surface area contributed by atoms with Crippen LogP contribution >= 0.6 is 0 Å². The van der Waals surface area contributed by atoms with Gasteiger partial charge in [-0.3, -0.25) is 0 Å². The molecule has 8 bridgehead atoms. The number of phenols is 2. The van der Waals surface area contributed by atoms with Crippen molar-refractivity contribution in [3.63, 3.8) is 0 Å². The van der Waals surface area contributed by atoms with Crippen LogP contribution in [0.4, 0.5) is 0 Å². The molecule has 0 amide bonds. The minimum atomic E-state index is -0.214. The standard InChI is InChI=1S/C32H20N8O2Si/c41-21-13-20-22(24(43)23(21)42)32-39-30-19-12-6-5-11-18(19)28(37-30)35-26-15-8-2-1-7-14(15)25(33-26)34-27-16-9-3-4-10-17(16)29(36-27)38-31(20)40-32/h1-13,41-42H,43H3,(H2,33,34,35,36,37,38,39,40). The van der Waals surface area contributed by atoms with Crippen molar-refractivity contribution in [2.75, 3.05) is 0 Å². The van der Waals surface area contributed by atoms with E-state index in [4.69, 9.17) is 29.9 Å². The van der Waals surface area contributed by atoms with E-state index in [1.165, 1.54) is 6.07 Å². The minimum absolute atomic E-state index is 0.157. The largest absolute Gasteiger partial charge is 0.504 e. The summed E-state index contributed by atoms with van der Waals surface area (Å²) in [5.41, 5.74) is 5.55. The van der Waals surface area contributed by atoms with Crippen LogP contribution in [0.5, 0.6) is 11.5 Å². The second kappa shape index (κ2) is 8.53. The number of fused-ring (bicyclic) bond motifs is 20. The highest BCUT2D eigenvalue weighted by Crippen LogP contribution is 2.37. The summed E-state index contributed by atoms with van der Waals surface area (Å²) in [5.74, 6) is 1.61. The summed E-state index contributed by atoms with van der Waals surface area (Å²) < 4.78 is 0. The van der Waals surface area contributed by atoms with Gasteiger partial charge in [0.15, 0.2) is 34.8 Å². The van der Waals surface area contributed by atoms with Crippen LogP contribution in [0.15, 0.2) is 78.9 Å². The molecule has 11 heteroatoms. The summed E-state index contributed by atoms with van der Waals surface area (Å²) in [5, 5.41) is 25.0. The van der Waals surface area contributed by atoms with E-state index in [0.717, 1.165) is 33.0 Å². The quantitative estimate of drug-likeness (QED) is 0.154. The van der Waals surface area contributed by atoms with Crippen molar-refractivity contribution >= 4 is 59.6 Å². The number of nitrogens with one attached hydrogen (secondary N) is 2. The van der Waals surface area contributed by atoms with Crippen molar-refractivity contribution in [3.05, 3.63) is 78.9 Å². The van der Waals surface area contributed by atoms with Crippen molar-refractivity contribution in [2.45, 2.75) is 0 Å². The second-order valence-electron chi connectivity index (χ2n) is 10.5. The van der Waals surface area contributed by atoms with Crippen LogP contribution in [0.2, 0.25) is 0 Å². The van der Waals surface area contributed by atoms with Crippen LogP contribution < -0.4 is 5.19 Å². The van der Waals surface area contributed by atoms with Gasteiger partial charge in [-0.15, -0.1) is 0 Å². The Morgan fingerprint density at radius 1 is 0.488 bits per heavy atom. The Morgan fingerprint density at radius 3 is 1.37 bits per heavy atom. The first-order valence-electron chi connectivity index (χ1n) is 13.7. The Bertz CT molecular complexity index is 2520. The molecule has 7 aromatic rings. The minimum Gasteiger partial charge on any atom is -0.504 e. The predicted molar refractivity (Wildman–Crippen MR) is 169 cm³/mol. The molecular weight excluding hydrogens is 556 g/mol. The molecule has 0 spiro atoms. The van der Waals surface area contributed by atoms with Crippen molar-refractivity contribution in [1.29, 1.82) is 0 Å². The molecule has 43 heavy (non-hydrogen) atoms. The first-order valence-corrected chi connectivity index (χ1v) is 14.7. The van der Waals surface area contributed by atoms with Crippen LogP contribution in [0.1, 0.15) is 0 Å². The van der Waals surface area contributed by atoms with Gasteiger partial charge < -0.3 is 20.2 Å². The maximum absolute atomic E-state index is 10.7. The van der Waals surface area contributed by atoms with E-state index >= 15 is 0 Å². The Labute approximate surface area is 245 Å². The normalized spacial score (nSPS) is 12.1. The van der Waals surface area contributed by atoms with Gasteiger partial charge in [-0.05, 0) is 11.3 Å².